The van der Waals surface area contributed by atoms with Gasteiger partial charge in [-0.05, 0) is 30.9 Å². The molecule has 2 aliphatic heterocycles. The molecule has 0 amide bonds. The Bertz CT molecular complexity index is 746. The van der Waals surface area contributed by atoms with Gasteiger partial charge in [-0.25, -0.2) is 4.98 Å². The maximum Gasteiger partial charge on any atom is 0.187 e. The normalized spacial score (nSPS) is 19.6. The minimum Gasteiger partial charge on any atom is -0.493 e. The molecule has 1 unspecified atom stereocenters. The second kappa shape index (κ2) is 7.40. The number of benzene rings is 1. The average Bonchev–Trinajstić information content (AvgIpc) is 3.29. The van der Waals surface area contributed by atoms with Gasteiger partial charge in [0, 0.05) is 25.7 Å². The summed E-state index contributed by atoms with van der Waals surface area (Å²) in [6.07, 6.45) is 3.40. The number of nitrogens with one attached hydrogen (secondary N) is 1. The predicted octanol–water partition coefficient (Wildman–Crippen LogP) is 3.50. The van der Waals surface area contributed by atoms with Gasteiger partial charge in [0.25, 0.3) is 0 Å². The van der Waals surface area contributed by atoms with E-state index >= 15 is 0 Å². The Kier molecular flexibility index (Phi) is 5.01. The zero-order valence-electron chi connectivity index (χ0n) is 14.3. The molecule has 1 fully saturated rings. The van der Waals surface area contributed by atoms with E-state index in [2.05, 4.69) is 21.3 Å². The molecule has 4 rings (SSSR count). The Hall–Kier alpha value is -1.50. The molecule has 0 radical (unpaired) electrons. The van der Waals surface area contributed by atoms with Crippen LogP contribution < -0.4 is 19.7 Å². The zero-order chi connectivity index (χ0) is 17.2. The van der Waals surface area contributed by atoms with Crippen LogP contribution in [0.15, 0.2) is 18.2 Å². The second-order valence-corrected chi connectivity index (χ2v) is 7.87. The van der Waals surface area contributed by atoms with Gasteiger partial charge in [0.05, 0.1) is 12.0 Å². The number of nitrogens with zero attached hydrogens (tertiary/aromatic N) is 2. The maximum atomic E-state index is 6.35. The van der Waals surface area contributed by atoms with Crippen LogP contribution in [-0.4, -0.2) is 37.8 Å². The van der Waals surface area contributed by atoms with Crippen molar-refractivity contribution >= 4 is 28.1 Å². The molecular weight excluding hydrogens is 358 g/mol. The number of methoxy groups -OCH3 is 1. The van der Waals surface area contributed by atoms with Gasteiger partial charge in [-0.15, -0.1) is 0 Å². The van der Waals surface area contributed by atoms with Crippen molar-refractivity contribution in [3.8, 4) is 11.5 Å². The summed E-state index contributed by atoms with van der Waals surface area (Å²) in [5.74, 6) is 1.67. The molecule has 2 aliphatic rings. The van der Waals surface area contributed by atoms with Crippen LogP contribution in [0.25, 0.3) is 0 Å². The van der Waals surface area contributed by atoms with Crippen molar-refractivity contribution in [1.82, 2.24) is 10.3 Å². The van der Waals surface area contributed by atoms with Crippen LogP contribution in [0.5, 0.6) is 11.5 Å². The summed E-state index contributed by atoms with van der Waals surface area (Å²) in [6.45, 7) is 3.53. The Morgan fingerprint density at radius 1 is 1.40 bits per heavy atom. The Morgan fingerprint density at radius 2 is 2.24 bits per heavy atom. The number of rotatable bonds is 5. The van der Waals surface area contributed by atoms with Crippen molar-refractivity contribution in [2.24, 2.45) is 0 Å². The lowest BCUT2D eigenvalue weighted by Crippen LogP contribution is -2.38. The minimum absolute atomic E-state index is 0.257. The van der Waals surface area contributed by atoms with E-state index in [1.54, 1.807) is 18.4 Å². The number of halogens is 1. The number of thiazole rings is 1. The van der Waals surface area contributed by atoms with Crippen LogP contribution in [-0.2, 0) is 13.0 Å². The third-order valence-corrected chi connectivity index (χ3v) is 6.28. The molecule has 2 aromatic rings. The highest BCUT2D eigenvalue weighted by molar-refractivity contribution is 7.16. The fraction of sp³-hybridized carbons (Fsp3) is 0.500. The van der Waals surface area contributed by atoms with Gasteiger partial charge in [0.15, 0.2) is 16.6 Å². The summed E-state index contributed by atoms with van der Waals surface area (Å²) in [7, 11) is 1.67. The van der Waals surface area contributed by atoms with E-state index in [9.17, 15) is 0 Å². The van der Waals surface area contributed by atoms with Gasteiger partial charge in [-0.3, -0.25) is 0 Å². The van der Waals surface area contributed by atoms with E-state index in [1.807, 2.05) is 12.1 Å². The molecule has 1 saturated heterocycles. The molecule has 0 saturated carbocycles. The third kappa shape index (κ3) is 3.57. The van der Waals surface area contributed by atoms with Crippen LogP contribution in [0.1, 0.15) is 23.3 Å². The molecule has 0 spiro atoms. The fourth-order valence-corrected chi connectivity index (χ4v) is 4.66. The van der Waals surface area contributed by atoms with Gasteiger partial charge in [0.2, 0.25) is 0 Å². The molecule has 1 N–H and O–H groups in total. The lowest BCUT2D eigenvalue weighted by Gasteiger charge is -2.27. The molecule has 1 aromatic heterocycles. The Labute approximate surface area is 156 Å². The Morgan fingerprint density at radius 3 is 3.04 bits per heavy atom. The molecular formula is C18H22ClN3O2S. The molecule has 7 heteroatoms. The first-order valence-corrected chi connectivity index (χ1v) is 9.86. The van der Waals surface area contributed by atoms with Crippen LogP contribution in [0.4, 0.5) is 5.13 Å². The van der Waals surface area contributed by atoms with Crippen molar-refractivity contribution in [3.63, 3.8) is 0 Å². The number of hydrogen-bond donors (Lipinski definition) is 1. The van der Waals surface area contributed by atoms with E-state index in [0.29, 0.717) is 11.8 Å². The summed E-state index contributed by atoms with van der Waals surface area (Å²) >= 11 is 8.04. The standard InChI is InChI=1S/C18H22ClN3O2S/c1-23-14-6-4-5-12-9-13(11-24-16(12)14)20-10-15-17(19)21-18(25-15)22-7-2-3-8-22/h4-6,13,20H,2-3,7-11H2,1H3. The first-order chi connectivity index (χ1) is 12.2. The summed E-state index contributed by atoms with van der Waals surface area (Å²) in [6, 6.07) is 6.29. The monoisotopic (exact) mass is 379 g/mol. The van der Waals surface area contributed by atoms with Gasteiger partial charge >= 0.3 is 0 Å². The highest BCUT2D eigenvalue weighted by Crippen LogP contribution is 2.35. The molecule has 1 atom stereocenters. The van der Waals surface area contributed by atoms with Crippen molar-refractivity contribution in [1.29, 1.82) is 0 Å². The lowest BCUT2D eigenvalue weighted by molar-refractivity contribution is 0.227. The maximum absolute atomic E-state index is 6.35. The van der Waals surface area contributed by atoms with E-state index in [-0.39, 0.29) is 6.04 Å². The highest BCUT2D eigenvalue weighted by Gasteiger charge is 2.23. The second-order valence-electron chi connectivity index (χ2n) is 6.45. The SMILES string of the molecule is COc1cccc2c1OCC(NCc1sc(N3CCCC3)nc1Cl)C2. The van der Waals surface area contributed by atoms with E-state index in [4.69, 9.17) is 21.1 Å². The van der Waals surface area contributed by atoms with Crippen molar-refractivity contribution < 1.29 is 9.47 Å². The quantitative estimate of drug-likeness (QED) is 0.861. The number of para-hydroxylation sites is 1. The highest BCUT2D eigenvalue weighted by atomic mass is 35.5. The van der Waals surface area contributed by atoms with Gasteiger partial charge in [0.1, 0.15) is 11.8 Å². The summed E-state index contributed by atoms with van der Waals surface area (Å²) in [5, 5.41) is 5.24. The number of hydrogen-bond acceptors (Lipinski definition) is 6. The summed E-state index contributed by atoms with van der Waals surface area (Å²) in [5.41, 5.74) is 1.18. The van der Waals surface area contributed by atoms with Crippen molar-refractivity contribution in [2.45, 2.75) is 31.8 Å². The molecule has 134 valence electrons. The van der Waals surface area contributed by atoms with Gasteiger partial charge in [-0.1, -0.05) is 35.1 Å². The largest absolute Gasteiger partial charge is 0.493 e. The number of ether oxygens (including phenoxy) is 2. The molecule has 25 heavy (non-hydrogen) atoms. The topological polar surface area (TPSA) is 46.6 Å². The zero-order valence-corrected chi connectivity index (χ0v) is 15.8. The van der Waals surface area contributed by atoms with E-state index in [1.165, 1.54) is 18.4 Å². The van der Waals surface area contributed by atoms with Crippen LogP contribution in [0, 0.1) is 0 Å². The van der Waals surface area contributed by atoms with E-state index < -0.39 is 0 Å². The molecule has 0 aliphatic carbocycles. The summed E-state index contributed by atoms with van der Waals surface area (Å²) in [4.78, 5) is 7.96. The average molecular weight is 380 g/mol. The number of fused-ring (bicyclic) bond motifs is 1. The van der Waals surface area contributed by atoms with Crippen LogP contribution in [0.2, 0.25) is 5.15 Å². The number of aromatic nitrogens is 1. The Balaban J connectivity index is 1.39. The molecule has 3 heterocycles. The van der Waals surface area contributed by atoms with E-state index in [0.717, 1.165) is 47.6 Å². The van der Waals surface area contributed by atoms with Crippen LogP contribution >= 0.6 is 22.9 Å². The third-order valence-electron chi connectivity index (χ3n) is 4.74. The van der Waals surface area contributed by atoms with Crippen LogP contribution in [0.3, 0.4) is 0 Å². The predicted molar refractivity (Wildman–Crippen MR) is 101 cm³/mol. The van der Waals surface area contributed by atoms with Gasteiger partial charge in [-0.2, -0.15) is 0 Å². The number of anilines is 1. The van der Waals surface area contributed by atoms with Gasteiger partial charge < -0.3 is 19.7 Å². The van der Waals surface area contributed by atoms with Crippen molar-refractivity contribution in [2.75, 3.05) is 31.7 Å². The molecule has 0 bridgehead atoms. The lowest BCUT2D eigenvalue weighted by atomic mass is 10.0. The first kappa shape index (κ1) is 16.9. The first-order valence-electron chi connectivity index (χ1n) is 8.67. The minimum atomic E-state index is 0.257. The smallest absolute Gasteiger partial charge is 0.187 e. The molecule has 5 nitrogen and oxygen atoms in total. The van der Waals surface area contributed by atoms with Crippen molar-refractivity contribution in [3.05, 3.63) is 33.8 Å². The molecule has 1 aromatic carbocycles. The fourth-order valence-electron chi connectivity index (χ4n) is 3.40. The summed E-state index contributed by atoms with van der Waals surface area (Å²) < 4.78 is 11.3.